The zero-order chi connectivity index (χ0) is 16.7. The molecule has 0 spiro atoms. The lowest BCUT2D eigenvalue weighted by atomic mass is 10.0. The summed E-state index contributed by atoms with van der Waals surface area (Å²) in [4.78, 5) is 14.3. The number of hydrogen-bond donors (Lipinski definition) is 1. The largest absolute Gasteiger partial charge is 0.354 e. The van der Waals surface area contributed by atoms with Crippen LogP contribution in [-0.4, -0.2) is 37.5 Å². The van der Waals surface area contributed by atoms with Gasteiger partial charge in [-0.05, 0) is 37.7 Å². The van der Waals surface area contributed by atoms with E-state index in [1.807, 2.05) is 56.6 Å². The van der Waals surface area contributed by atoms with E-state index in [4.69, 9.17) is 11.6 Å². The lowest BCUT2D eigenvalue weighted by molar-refractivity contribution is -0.120. The molecule has 0 heterocycles. The molecule has 0 radical (unpaired) electrons. The van der Waals surface area contributed by atoms with E-state index in [2.05, 4.69) is 22.3 Å². The quantitative estimate of drug-likeness (QED) is 0.845. The lowest BCUT2D eigenvalue weighted by Crippen LogP contribution is -2.42. The van der Waals surface area contributed by atoms with Gasteiger partial charge in [-0.2, -0.15) is 0 Å². The first-order chi connectivity index (χ1) is 11.1. The third kappa shape index (κ3) is 5.70. The maximum Gasteiger partial charge on any atom is 0.224 e. The van der Waals surface area contributed by atoms with E-state index < -0.39 is 0 Å². The van der Waals surface area contributed by atoms with Gasteiger partial charge < -0.3 is 10.2 Å². The number of hydrogen-bond acceptors (Lipinski definition) is 2. The molecule has 2 aromatic rings. The molecule has 4 heteroatoms. The summed E-state index contributed by atoms with van der Waals surface area (Å²) in [6, 6.07) is 18.0. The number of benzene rings is 2. The summed E-state index contributed by atoms with van der Waals surface area (Å²) < 4.78 is 0. The third-order valence-electron chi connectivity index (χ3n) is 3.89. The van der Waals surface area contributed by atoms with Crippen LogP contribution in [0.1, 0.15) is 11.1 Å². The first-order valence-electron chi connectivity index (χ1n) is 7.76. The van der Waals surface area contributed by atoms with Gasteiger partial charge in [0.25, 0.3) is 0 Å². The van der Waals surface area contributed by atoms with Gasteiger partial charge in [0.15, 0.2) is 0 Å². The molecular weight excluding hydrogens is 308 g/mol. The van der Waals surface area contributed by atoms with Crippen LogP contribution in [0.4, 0.5) is 0 Å². The summed E-state index contributed by atoms with van der Waals surface area (Å²) in [6.07, 6.45) is 1.21. The molecule has 2 aromatic carbocycles. The van der Waals surface area contributed by atoms with Crippen molar-refractivity contribution in [2.45, 2.75) is 18.9 Å². The van der Waals surface area contributed by atoms with Crippen LogP contribution in [0.15, 0.2) is 54.6 Å². The minimum absolute atomic E-state index is 0.00184. The fourth-order valence-electron chi connectivity index (χ4n) is 2.43. The standard InChI is InChI=1S/C19H23ClN2O/c1-22(2)17(12-15-8-4-3-5-9-15)14-21-19(23)13-16-10-6-7-11-18(16)20/h3-11,17H,12-14H2,1-2H3,(H,21,23). The molecule has 0 saturated heterocycles. The van der Waals surface area contributed by atoms with E-state index in [0.717, 1.165) is 12.0 Å². The van der Waals surface area contributed by atoms with Crippen molar-refractivity contribution in [3.63, 3.8) is 0 Å². The third-order valence-corrected chi connectivity index (χ3v) is 4.26. The topological polar surface area (TPSA) is 32.3 Å². The first-order valence-corrected chi connectivity index (χ1v) is 8.14. The molecule has 1 amide bonds. The Morgan fingerprint density at radius 1 is 1.09 bits per heavy atom. The summed E-state index contributed by atoms with van der Waals surface area (Å²) >= 11 is 6.10. The Bertz CT molecular complexity index is 628. The lowest BCUT2D eigenvalue weighted by Gasteiger charge is -2.25. The highest BCUT2D eigenvalue weighted by Crippen LogP contribution is 2.15. The normalized spacial score (nSPS) is 12.2. The molecule has 0 fully saturated rings. The Morgan fingerprint density at radius 2 is 1.74 bits per heavy atom. The van der Waals surface area contributed by atoms with E-state index in [0.29, 0.717) is 18.0 Å². The molecular formula is C19H23ClN2O. The van der Waals surface area contributed by atoms with E-state index in [-0.39, 0.29) is 11.9 Å². The summed E-state index contributed by atoms with van der Waals surface area (Å²) in [5, 5.41) is 3.66. The molecule has 122 valence electrons. The van der Waals surface area contributed by atoms with Crippen LogP contribution in [0.25, 0.3) is 0 Å². The second-order valence-electron chi connectivity index (χ2n) is 5.88. The van der Waals surface area contributed by atoms with E-state index >= 15 is 0 Å². The summed E-state index contributed by atoms with van der Waals surface area (Å²) in [6.45, 7) is 0.616. The number of amides is 1. The summed E-state index contributed by atoms with van der Waals surface area (Å²) in [5.41, 5.74) is 2.13. The molecule has 0 aliphatic carbocycles. The fourth-order valence-corrected chi connectivity index (χ4v) is 2.63. The minimum Gasteiger partial charge on any atom is -0.354 e. The van der Waals surface area contributed by atoms with E-state index in [1.165, 1.54) is 5.56 Å². The molecule has 0 aliphatic rings. The highest BCUT2D eigenvalue weighted by Gasteiger charge is 2.14. The second kappa shape index (κ2) is 8.70. The Labute approximate surface area is 143 Å². The van der Waals surface area contributed by atoms with Gasteiger partial charge in [-0.1, -0.05) is 60.1 Å². The number of likely N-dealkylation sites (N-methyl/N-ethyl adjacent to an activating group) is 1. The predicted octanol–water partition coefficient (Wildman–Crippen LogP) is 3.17. The van der Waals surface area contributed by atoms with Gasteiger partial charge in [0.1, 0.15) is 0 Å². The SMILES string of the molecule is CN(C)C(CNC(=O)Cc1ccccc1Cl)Cc1ccccc1. The molecule has 3 nitrogen and oxygen atoms in total. The van der Waals surface area contributed by atoms with Gasteiger partial charge in [0, 0.05) is 17.6 Å². The minimum atomic E-state index is -0.00184. The molecule has 1 N–H and O–H groups in total. The Hall–Kier alpha value is -1.84. The second-order valence-corrected chi connectivity index (χ2v) is 6.29. The number of rotatable bonds is 7. The van der Waals surface area contributed by atoms with E-state index in [9.17, 15) is 4.79 Å². The zero-order valence-electron chi connectivity index (χ0n) is 13.6. The van der Waals surface area contributed by atoms with Gasteiger partial charge in [0.05, 0.1) is 6.42 Å². The van der Waals surface area contributed by atoms with Crippen molar-refractivity contribution in [2.24, 2.45) is 0 Å². The average Bonchev–Trinajstić information content (AvgIpc) is 2.54. The average molecular weight is 331 g/mol. The number of carbonyl (C=O) groups excluding carboxylic acids is 1. The highest BCUT2D eigenvalue weighted by molar-refractivity contribution is 6.31. The van der Waals surface area contributed by atoms with Crippen LogP contribution in [0.3, 0.4) is 0 Å². The molecule has 0 aliphatic heterocycles. The molecule has 0 saturated carbocycles. The summed E-state index contributed by atoms with van der Waals surface area (Å²) in [5.74, 6) is -0.00184. The van der Waals surface area contributed by atoms with Gasteiger partial charge >= 0.3 is 0 Å². The van der Waals surface area contributed by atoms with Crippen LogP contribution in [0, 0.1) is 0 Å². The Morgan fingerprint density at radius 3 is 2.39 bits per heavy atom. The van der Waals surface area contributed by atoms with Crippen molar-refractivity contribution in [3.8, 4) is 0 Å². The molecule has 23 heavy (non-hydrogen) atoms. The van der Waals surface area contributed by atoms with Crippen LogP contribution in [-0.2, 0) is 17.6 Å². The maximum atomic E-state index is 12.2. The number of halogens is 1. The van der Waals surface area contributed by atoms with Gasteiger partial charge in [0.2, 0.25) is 5.91 Å². The Kier molecular flexibility index (Phi) is 6.63. The molecule has 0 bridgehead atoms. The van der Waals surface area contributed by atoms with Crippen molar-refractivity contribution >= 4 is 17.5 Å². The molecule has 0 aromatic heterocycles. The van der Waals surface area contributed by atoms with Crippen LogP contribution in [0.5, 0.6) is 0 Å². The monoisotopic (exact) mass is 330 g/mol. The number of nitrogens with one attached hydrogen (secondary N) is 1. The van der Waals surface area contributed by atoms with Crippen molar-refractivity contribution < 1.29 is 4.79 Å². The van der Waals surface area contributed by atoms with Gasteiger partial charge in [-0.15, -0.1) is 0 Å². The van der Waals surface area contributed by atoms with E-state index in [1.54, 1.807) is 0 Å². The summed E-state index contributed by atoms with van der Waals surface area (Å²) in [7, 11) is 4.07. The van der Waals surface area contributed by atoms with Gasteiger partial charge in [-0.3, -0.25) is 4.79 Å². The van der Waals surface area contributed by atoms with Gasteiger partial charge in [-0.25, -0.2) is 0 Å². The van der Waals surface area contributed by atoms with Crippen molar-refractivity contribution in [2.75, 3.05) is 20.6 Å². The van der Waals surface area contributed by atoms with Crippen molar-refractivity contribution in [1.82, 2.24) is 10.2 Å². The number of carbonyl (C=O) groups is 1. The smallest absolute Gasteiger partial charge is 0.224 e. The zero-order valence-corrected chi connectivity index (χ0v) is 14.4. The molecule has 1 unspecified atom stereocenters. The van der Waals surface area contributed by atoms with Crippen LogP contribution in [0.2, 0.25) is 5.02 Å². The van der Waals surface area contributed by atoms with Crippen LogP contribution < -0.4 is 5.32 Å². The molecule has 2 rings (SSSR count). The number of nitrogens with zero attached hydrogens (tertiary/aromatic N) is 1. The maximum absolute atomic E-state index is 12.2. The van der Waals surface area contributed by atoms with Crippen LogP contribution >= 0.6 is 11.6 Å². The van der Waals surface area contributed by atoms with Crippen molar-refractivity contribution in [1.29, 1.82) is 0 Å². The highest BCUT2D eigenvalue weighted by atomic mass is 35.5. The fraction of sp³-hybridized carbons (Fsp3) is 0.316. The molecule has 1 atom stereocenters. The van der Waals surface area contributed by atoms with Crippen molar-refractivity contribution in [3.05, 3.63) is 70.7 Å². The Balaban J connectivity index is 1.88. The predicted molar refractivity (Wildman–Crippen MR) is 95.8 cm³/mol. The first kappa shape index (κ1) is 17.5.